The highest BCUT2D eigenvalue weighted by atomic mass is 16.5. The summed E-state index contributed by atoms with van der Waals surface area (Å²) in [6.07, 6.45) is 1.63. The van der Waals surface area contributed by atoms with Crippen LogP contribution in [-0.2, 0) is 17.9 Å². The van der Waals surface area contributed by atoms with E-state index in [1.807, 2.05) is 60.7 Å². The molecular weight excluding hydrogens is 404 g/mol. The fourth-order valence-electron chi connectivity index (χ4n) is 3.29. The molecule has 0 unspecified atom stereocenters. The van der Waals surface area contributed by atoms with Crippen LogP contribution in [0.25, 0.3) is 11.3 Å². The Kier molecular flexibility index (Phi) is 6.36. The molecule has 160 valence electrons. The third kappa shape index (κ3) is 4.89. The Bertz CT molecular complexity index is 1260. The Morgan fingerprint density at radius 2 is 1.78 bits per heavy atom. The molecule has 32 heavy (non-hydrogen) atoms. The minimum absolute atomic E-state index is 0.208. The largest absolute Gasteiger partial charge is 0.497 e. The van der Waals surface area contributed by atoms with Gasteiger partial charge in [-0.1, -0.05) is 48.5 Å². The Morgan fingerprint density at radius 3 is 2.53 bits per heavy atom. The Labute approximate surface area is 185 Å². The molecule has 0 bridgehead atoms. The molecule has 0 aliphatic heterocycles. The minimum atomic E-state index is -0.356. The number of carbonyl (C=O) groups is 1. The molecule has 1 amide bonds. The van der Waals surface area contributed by atoms with Crippen molar-refractivity contribution < 1.29 is 9.53 Å². The van der Waals surface area contributed by atoms with Crippen LogP contribution >= 0.6 is 0 Å². The van der Waals surface area contributed by atoms with Crippen LogP contribution < -0.4 is 15.2 Å². The van der Waals surface area contributed by atoms with Gasteiger partial charge in [-0.25, -0.2) is 9.67 Å². The zero-order chi connectivity index (χ0) is 22.3. The molecule has 0 aliphatic rings. The number of methoxy groups -OCH3 is 1. The van der Waals surface area contributed by atoms with E-state index in [-0.39, 0.29) is 18.0 Å². The van der Waals surface area contributed by atoms with Crippen molar-refractivity contribution >= 4 is 11.7 Å². The van der Waals surface area contributed by atoms with E-state index in [0.29, 0.717) is 23.8 Å². The minimum Gasteiger partial charge on any atom is -0.497 e. The first-order chi connectivity index (χ1) is 15.6. The standard InChI is InChI=1S/C25H22N4O3/c1-32-21-11-7-10-20(16-21)22-13-14-24(30)29(27-22)18-25(31)28(23-12-5-6-15-26-23)17-19-8-3-2-4-9-19/h2-16H,17-18H2,1H3. The number of nitrogens with zero attached hydrogens (tertiary/aromatic N) is 4. The number of carbonyl (C=O) groups excluding carboxylic acids is 1. The first kappa shape index (κ1) is 21.0. The van der Waals surface area contributed by atoms with E-state index in [1.165, 1.54) is 10.7 Å². The number of aromatic nitrogens is 3. The molecule has 4 rings (SSSR count). The molecule has 0 saturated heterocycles. The molecule has 0 radical (unpaired) electrons. The number of anilines is 1. The highest BCUT2D eigenvalue weighted by Crippen LogP contribution is 2.21. The predicted molar refractivity (Wildman–Crippen MR) is 122 cm³/mol. The molecule has 0 fully saturated rings. The summed E-state index contributed by atoms with van der Waals surface area (Å²) in [4.78, 5) is 31.6. The summed E-state index contributed by atoms with van der Waals surface area (Å²) in [5.41, 5.74) is 1.96. The fourth-order valence-corrected chi connectivity index (χ4v) is 3.29. The van der Waals surface area contributed by atoms with Gasteiger partial charge in [-0.05, 0) is 35.9 Å². The van der Waals surface area contributed by atoms with Crippen molar-refractivity contribution in [1.29, 1.82) is 0 Å². The first-order valence-corrected chi connectivity index (χ1v) is 10.1. The van der Waals surface area contributed by atoms with E-state index in [4.69, 9.17) is 4.74 Å². The molecule has 0 aliphatic carbocycles. The number of hydrogen-bond acceptors (Lipinski definition) is 5. The molecular formula is C25H22N4O3. The second-order valence-corrected chi connectivity index (χ2v) is 7.10. The lowest BCUT2D eigenvalue weighted by atomic mass is 10.1. The summed E-state index contributed by atoms with van der Waals surface area (Å²) in [5, 5.41) is 4.42. The summed E-state index contributed by atoms with van der Waals surface area (Å²) in [7, 11) is 1.59. The maximum Gasteiger partial charge on any atom is 0.267 e. The van der Waals surface area contributed by atoms with Crippen molar-refractivity contribution in [3.63, 3.8) is 0 Å². The van der Waals surface area contributed by atoms with Crippen molar-refractivity contribution in [2.45, 2.75) is 13.1 Å². The maximum absolute atomic E-state index is 13.3. The fraction of sp³-hybridized carbons (Fsp3) is 0.120. The van der Waals surface area contributed by atoms with E-state index >= 15 is 0 Å². The summed E-state index contributed by atoms with van der Waals surface area (Å²) in [6.45, 7) is 0.126. The van der Waals surface area contributed by atoms with Crippen LogP contribution in [-0.4, -0.2) is 27.8 Å². The van der Waals surface area contributed by atoms with E-state index in [9.17, 15) is 9.59 Å². The van der Waals surface area contributed by atoms with Crippen LogP contribution in [0.2, 0.25) is 0 Å². The number of ether oxygens (including phenoxy) is 1. The topological polar surface area (TPSA) is 77.3 Å². The normalized spacial score (nSPS) is 10.5. The van der Waals surface area contributed by atoms with Gasteiger partial charge in [-0.2, -0.15) is 5.10 Å². The van der Waals surface area contributed by atoms with Gasteiger partial charge in [0.05, 0.1) is 19.3 Å². The highest BCUT2D eigenvalue weighted by molar-refractivity contribution is 5.92. The van der Waals surface area contributed by atoms with Crippen molar-refractivity contribution in [1.82, 2.24) is 14.8 Å². The van der Waals surface area contributed by atoms with Crippen LogP contribution in [0.1, 0.15) is 5.56 Å². The maximum atomic E-state index is 13.3. The lowest BCUT2D eigenvalue weighted by Gasteiger charge is -2.22. The monoisotopic (exact) mass is 426 g/mol. The van der Waals surface area contributed by atoms with Gasteiger partial charge >= 0.3 is 0 Å². The Hall–Kier alpha value is -4.26. The molecule has 0 N–H and O–H groups in total. The van der Waals surface area contributed by atoms with Gasteiger partial charge in [-0.15, -0.1) is 0 Å². The third-order valence-electron chi connectivity index (χ3n) is 4.93. The van der Waals surface area contributed by atoms with E-state index < -0.39 is 0 Å². The van der Waals surface area contributed by atoms with Gasteiger partial charge < -0.3 is 4.74 Å². The van der Waals surface area contributed by atoms with E-state index in [2.05, 4.69) is 10.1 Å². The number of hydrogen-bond donors (Lipinski definition) is 0. The zero-order valence-corrected chi connectivity index (χ0v) is 17.6. The molecule has 7 heteroatoms. The lowest BCUT2D eigenvalue weighted by Crippen LogP contribution is -2.37. The van der Waals surface area contributed by atoms with Crippen LogP contribution in [0.5, 0.6) is 5.75 Å². The third-order valence-corrected chi connectivity index (χ3v) is 4.93. The number of rotatable bonds is 7. The summed E-state index contributed by atoms with van der Waals surface area (Å²) in [6, 6.07) is 25.4. The van der Waals surface area contributed by atoms with Crippen molar-refractivity contribution in [2.24, 2.45) is 0 Å². The van der Waals surface area contributed by atoms with Crippen LogP contribution in [0.15, 0.2) is 95.9 Å². The summed E-state index contributed by atoms with van der Waals surface area (Å²) >= 11 is 0. The average Bonchev–Trinajstić information content (AvgIpc) is 2.85. The van der Waals surface area contributed by atoms with Gasteiger partial charge in [0.2, 0.25) is 5.91 Å². The molecule has 2 aromatic heterocycles. The molecule has 0 atom stereocenters. The molecule has 7 nitrogen and oxygen atoms in total. The predicted octanol–water partition coefficient (Wildman–Crippen LogP) is 3.55. The molecule has 0 saturated carbocycles. The van der Waals surface area contributed by atoms with E-state index in [1.54, 1.807) is 36.4 Å². The van der Waals surface area contributed by atoms with Gasteiger partial charge in [0.1, 0.15) is 18.1 Å². The lowest BCUT2D eigenvalue weighted by molar-refractivity contribution is -0.119. The zero-order valence-electron chi connectivity index (χ0n) is 17.6. The Balaban J connectivity index is 1.63. The molecule has 2 aromatic carbocycles. The van der Waals surface area contributed by atoms with Gasteiger partial charge in [0, 0.05) is 17.8 Å². The summed E-state index contributed by atoms with van der Waals surface area (Å²) < 4.78 is 6.45. The van der Waals surface area contributed by atoms with Crippen molar-refractivity contribution in [3.05, 3.63) is 107 Å². The van der Waals surface area contributed by atoms with Gasteiger partial charge in [0.25, 0.3) is 5.56 Å². The first-order valence-electron chi connectivity index (χ1n) is 10.1. The number of amides is 1. The molecule has 0 spiro atoms. The smallest absolute Gasteiger partial charge is 0.267 e. The molecule has 4 aromatic rings. The summed E-state index contributed by atoms with van der Waals surface area (Å²) in [5.74, 6) is 0.908. The number of pyridine rings is 1. The van der Waals surface area contributed by atoms with Gasteiger partial charge in [0.15, 0.2) is 0 Å². The molecule has 2 heterocycles. The van der Waals surface area contributed by atoms with Crippen molar-refractivity contribution in [3.8, 4) is 17.0 Å². The highest BCUT2D eigenvalue weighted by Gasteiger charge is 2.19. The van der Waals surface area contributed by atoms with Crippen molar-refractivity contribution in [2.75, 3.05) is 12.0 Å². The second-order valence-electron chi connectivity index (χ2n) is 7.10. The van der Waals surface area contributed by atoms with Crippen LogP contribution in [0.4, 0.5) is 5.82 Å². The van der Waals surface area contributed by atoms with E-state index in [0.717, 1.165) is 11.1 Å². The Morgan fingerprint density at radius 1 is 0.969 bits per heavy atom. The van der Waals surface area contributed by atoms with Crippen LogP contribution in [0, 0.1) is 0 Å². The SMILES string of the molecule is COc1cccc(-c2ccc(=O)n(CC(=O)N(Cc3ccccc3)c3ccccn3)n2)c1. The quantitative estimate of drug-likeness (QED) is 0.452. The second kappa shape index (κ2) is 9.70. The average molecular weight is 426 g/mol. The van der Waals surface area contributed by atoms with Gasteiger partial charge in [-0.3, -0.25) is 14.5 Å². The van der Waals surface area contributed by atoms with Crippen LogP contribution in [0.3, 0.4) is 0 Å². The number of benzene rings is 2.